The van der Waals surface area contributed by atoms with Crippen molar-refractivity contribution in [3.63, 3.8) is 0 Å². The van der Waals surface area contributed by atoms with Gasteiger partial charge in [-0.1, -0.05) is 56.8 Å². The van der Waals surface area contributed by atoms with Crippen molar-refractivity contribution in [2.75, 3.05) is 13.2 Å². The van der Waals surface area contributed by atoms with Gasteiger partial charge in [0.15, 0.2) is 0 Å². The third kappa shape index (κ3) is 3.85. The monoisotopic (exact) mass is 347 g/mol. The molecule has 1 aromatic carbocycles. The smallest absolute Gasteiger partial charge is 0.408 e. The normalized spacial score (nSPS) is 24.0. The second-order valence-corrected chi connectivity index (χ2v) is 6.85. The number of nitrogens with one attached hydrogen (secondary N) is 1. The average Bonchev–Trinajstić information content (AvgIpc) is 2.58. The molecule has 1 amide bonds. The summed E-state index contributed by atoms with van der Waals surface area (Å²) in [5, 5.41) is 12.2. The van der Waals surface area contributed by atoms with E-state index in [1.165, 1.54) is 6.08 Å². The van der Waals surface area contributed by atoms with Crippen LogP contribution in [-0.4, -0.2) is 35.9 Å². The highest BCUT2D eigenvalue weighted by atomic mass is 16.5. The molecule has 0 aliphatic heterocycles. The van der Waals surface area contributed by atoms with Gasteiger partial charge in [0.25, 0.3) is 0 Å². The molecule has 1 saturated carbocycles. The highest BCUT2D eigenvalue weighted by Gasteiger charge is 2.65. The van der Waals surface area contributed by atoms with Crippen LogP contribution < -0.4 is 5.32 Å². The molecule has 1 aliphatic carbocycles. The number of carboxylic acids is 1. The van der Waals surface area contributed by atoms with Crippen LogP contribution in [-0.2, 0) is 20.9 Å². The summed E-state index contributed by atoms with van der Waals surface area (Å²) in [6.07, 6.45) is 0.978. The van der Waals surface area contributed by atoms with Crippen LogP contribution in [0.2, 0.25) is 0 Å². The largest absolute Gasteiger partial charge is 0.479 e. The maximum Gasteiger partial charge on any atom is 0.408 e. The van der Waals surface area contributed by atoms with Crippen molar-refractivity contribution < 1.29 is 24.2 Å². The highest BCUT2D eigenvalue weighted by Crippen LogP contribution is 2.54. The standard InChI is InChI=1S/C19H25NO5/c1-4-10-25-17(23)20-19(16(21)22)11-15(18(19,2)3)13-24-12-14-8-6-5-7-9-14/h4-9,15H,1,10-13H2,2-3H3,(H,20,23)(H,21,22). The van der Waals surface area contributed by atoms with Crippen LogP contribution in [0, 0.1) is 11.3 Å². The molecule has 1 aromatic rings. The Labute approximate surface area is 147 Å². The fraction of sp³-hybridized carbons (Fsp3) is 0.474. The summed E-state index contributed by atoms with van der Waals surface area (Å²) in [6, 6.07) is 9.78. The Morgan fingerprint density at radius 3 is 2.60 bits per heavy atom. The van der Waals surface area contributed by atoms with Gasteiger partial charge >= 0.3 is 12.1 Å². The van der Waals surface area contributed by atoms with Crippen LogP contribution in [0.1, 0.15) is 25.8 Å². The molecule has 25 heavy (non-hydrogen) atoms. The molecule has 0 spiro atoms. The Morgan fingerprint density at radius 1 is 1.36 bits per heavy atom. The van der Waals surface area contributed by atoms with E-state index in [-0.39, 0.29) is 12.5 Å². The lowest BCUT2D eigenvalue weighted by atomic mass is 9.50. The summed E-state index contributed by atoms with van der Waals surface area (Å²) in [4.78, 5) is 23.7. The van der Waals surface area contributed by atoms with E-state index in [0.717, 1.165) is 5.56 Å². The number of carbonyl (C=O) groups excluding carboxylic acids is 1. The zero-order chi connectivity index (χ0) is 18.5. The number of alkyl carbamates (subject to hydrolysis) is 1. The van der Waals surface area contributed by atoms with E-state index >= 15 is 0 Å². The predicted molar refractivity (Wildman–Crippen MR) is 93.0 cm³/mol. The molecule has 2 unspecified atom stereocenters. The first-order chi connectivity index (χ1) is 11.8. The average molecular weight is 347 g/mol. The third-order valence-corrected chi connectivity index (χ3v) is 5.12. The van der Waals surface area contributed by atoms with Crippen LogP contribution in [0.3, 0.4) is 0 Å². The topological polar surface area (TPSA) is 84.9 Å². The fourth-order valence-electron chi connectivity index (χ4n) is 3.24. The van der Waals surface area contributed by atoms with Crippen molar-refractivity contribution in [1.29, 1.82) is 0 Å². The van der Waals surface area contributed by atoms with Crippen LogP contribution in [0.5, 0.6) is 0 Å². The van der Waals surface area contributed by atoms with Crippen LogP contribution in [0.4, 0.5) is 4.79 Å². The number of hydrogen-bond donors (Lipinski definition) is 2. The molecular formula is C19H25NO5. The lowest BCUT2D eigenvalue weighted by molar-refractivity contribution is -0.174. The Morgan fingerprint density at radius 2 is 2.04 bits per heavy atom. The number of carboxylic acid groups (broad SMARTS) is 1. The molecule has 6 nitrogen and oxygen atoms in total. The van der Waals surface area contributed by atoms with Crippen LogP contribution in [0.15, 0.2) is 43.0 Å². The summed E-state index contributed by atoms with van der Waals surface area (Å²) >= 11 is 0. The minimum absolute atomic E-state index is 0.0204. The second kappa shape index (κ2) is 7.70. The SMILES string of the molecule is C=CCOC(=O)NC1(C(=O)O)CC(COCc2ccccc2)C1(C)C. The van der Waals surface area contributed by atoms with Gasteiger partial charge in [-0.05, 0) is 17.9 Å². The van der Waals surface area contributed by atoms with Gasteiger partial charge in [0.05, 0.1) is 13.2 Å². The number of benzene rings is 1. The Kier molecular flexibility index (Phi) is 5.85. The molecule has 0 heterocycles. The second-order valence-electron chi connectivity index (χ2n) is 6.85. The zero-order valence-electron chi connectivity index (χ0n) is 14.7. The lowest BCUT2D eigenvalue weighted by Gasteiger charge is -2.58. The summed E-state index contributed by atoms with van der Waals surface area (Å²) in [5.74, 6) is -1.04. The lowest BCUT2D eigenvalue weighted by Crippen LogP contribution is -2.74. The van der Waals surface area contributed by atoms with E-state index in [0.29, 0.717) is 19.6 Å². The van der Waals surface area contributed by atoms with Gasteiger partial charge in [-0.3, -0.25) is 0 Å². The van der Waals surface area contributed by atoms with Crippen molar-refractivity contribution in [2.24, 2.45) is 11.3 Å². The Balaban J connectivity index is 1.95. The molecule has 0 saturated heterocycles. The molecule has 0 aromatic heterocycles. The first-order valence-corrected chi connectivity index (χ1v) is 8.24. The van der Waals surface area contributed by atoms with Gasteiger partial charge in [-0.2, -0.15) is 0 Å². The zero-order valence-corrected chi connectivity index (χ0v) is 14.7. The van der Waals surface area contributed by atoms with Crippen molar-refractivity contribution in [3.8, 4) is 0 Å². The Bertz CT molecular complexity index is 628. The van der Waals surface area contributed by atoms with Crippen molar-refractivity contribution in [1.82, 2.24) is 5.32 Å². The maximum absolute atomic E-state index is 11.8. The summed E-state index contributed by atoms with van der Waals surface area (Å²) in [7, 11) is 0. The van der Waals surface area contributed by atoms with Crippen molar-refractivity contribution >= 4 is 12.1 Å². The molecule has 2 N–H and O–H groups in total. The number of carbonyl (C=O) groups is 2. The number of amides is 1. The maximum atomic E-state index is 11.8. The van der Waals surface area contributed by atoms with Gasteiger partial charge in [0, 0.05) is 5.41 Å². The quantitative estimate of drug-likeness (QED) is 0.706. The molecule has 136 valence electrons. The first-order valence-electron chi connectivity index (χ1n) is 8.24. The summed E-state index contributed by atoms with van der Waals surface area (Å²) in [5.41, 5.74) is -0.954. The van der Waals surface area contributed by atoms with E-state index in [1.54, 1.807) is 0 Å². The van der Waals surface area contributed by atoms with Gasteiger partial charge in [-0.25, -0.2) is 9.59 Å². The molecule has 2 atom stereocenters. The van der Waals surface area contributed by atoms with E-state index in [9.17, 15) is 14.7 Å². The summed E-state index contributed by atoms with van der Waals surface area (Å²) in [6.45, 7) is 8.06. The number of aliphatic carboxylic acids is 1. The minimum atomic E-state index is -1.36. The molecule has 6 heteroatoms. The van der Waals surface area contributed by atoms with Crippen molar-refractivity contribution in [2.45, 2.75) is 32.4 Å². The number of hydrogen-bond acceptors (Lipinski definition) is 4. The number of ether oxygens (including phenoxy) is 2. The van der Waals surface area contributed by atoms with Gasteiger partial charge in [0.1, 0.15) is 12.1 Å². The minimum Gasteiger partial charge on any atom is -0.479 e. The predicted octanol–water partition coefficient (Wildman–Crippen LogP) is 2.98. The van der Waals surface area contributed by atoms with Gasteiger partial charge in [0.2, 0.25) is 0 Å². The van der Waals surface area contributed by atoms with E-state index in [2.05, 4.69) is 11.9 Å². The number of rotatable bonds is 8. The highest BCUT2D eigenvalue weighted by molar-refractivity contribution is 5.87. The van der Waals surface area contributed by atoms with E-state index in [4.69, 9.17) is 9.47 Å². The first kappa shape index (κ1) is 19.0. The molecule has 1 aliphatic rings. The molecule has 0 radical (unpaired) electrons. The Hall–Kier alpha value is -2.34. The molecule has 1 fully saturated rings. The van der Waals surface area contributed by atoms with E-state index in [1.807, 2.05) is 44.2 Å². The van der Waals surface area contributed by atoms with Gasteiger partial charge < -0.3 is 19.9 Å². The molecular weight excluding hydrogens is 322 g/mol. The van der Waals surface area contributed by atoms with E-state index < -0.39 is 23.0 Å². The van der Waals surface area contributed by atoms with Crippen LogP contribution in [0.25, 0.3) is 0 Å². The van der Waals surface area contributed by atoms with Crippen molar-refractivity contribution in [3.05, 3.63) is 48.6 Å². The fourth-order valence-corrected chi connectivity index (χ4v) is 3.24. The third-order valence-electron chi connectivity index (χ3n) is 5.12. The molecule has 0 bridgehead atoms. The van der Waals surface area contributed by atoms with Crippen LogP contribution >= 0.6 is 0 Å². The molecule has 2 rings (SSSR count). The van der Waals surface area contributed by atoms with Gasteiger partial charge in [-0.15, -0.1) is 0 Å². The summed E-state index contributed by atoms with van der Waals surface area (Å²) < 4.78 is 10.6.